The molecule has 1 aliphatic carbocycles. The van der Waals surface area contributed by atoms with E-state index in [2.05, 4.69) is 5.10 Å². The zero-order chi connectivity index (χ0) is 17.0. The fourth-order valence-corrected chi connectivity index (χ4v) is 3.02. The van der Waals surface area contributed by atoms with Crippen LogP contribution in [0.3, 0.4) is 0 Å². The summed E-state index contributed by atoms with van der Waals surface area (Å²) in [5.74, 6) is -2.77. The Hall–Kier alpha value is -3.15. The summed E-state index contributed by atoms with van der Waals surface area (Å²) in [5, 5.41) is 4.24. The van der Waals surface area contributed by atoms with Crippen molar-refractivity contribution in [2.75, 3.05) is 0 Å². The van der Waals surface area contributed by atoms with Crippen molar-refractivity contribution in [3.63, 3.8) is 0 Å². The Labute approximate surface area is 135 Å². The molecule has 118 valence electrons. The van der Waals surface area contributed by atoms with E-state index >= 15 is 0 Å². The number of carbonyl (C=O) groups excluding carboxylic acids is 2. The van der Waals surface area contributed by atoms with Crippen LogP contribution < -0.4 is 0 Å². The van der Waals surface area contributed by atoms with Crippen LogP contribution in [0.15, 0.2) is 42.5 Å². The van der Waals surface area contributed by atoms with Crippen molar-refractivity contribution < 1.29 is 18.4 Å². The highest BCUT2D eigenvalue weighted by Crippen LogP contribution is 2.36. The maximum Gasteiger partial charge on any atom is 0.237 e. The van der Waals surface area contributed by atoms with Gasteiger partial charge < -0.3 is 0 Å². The lowest BCUT2D eigenvalue weighted by Gasteiger charge is -2.17. The van der Waals surface area contributed by atoms with Crippen molar-refractivity contribution in [1.82, 2.24) is 9.78 Å². The monoisotopic (exact) mass is 324 g/mol. The number of hydrogen-bond donors (Lipinski definition) is 0. The molecule has 0 saturated heterocycles. The van der Waals surface area contributed by atoms with E-state index in [9.17, 15) is 18.4 Å². The Kier molecular flexibility index (Phi) is 2.96. The molecule has 1 aromatic heterocycles. The van der Waals surface area contributed by atoms with Gasteiger partial charge in [-0.15, -0.1) is 0 Å². The van der Waals surface area contributed by atoms with Gasteiger partial charge in [0, 0.05) is 17.2 Å². The van der Waals surface area contributed by atoms with Crippen molar-refractivity contribution in [2.45, 2.75) is 6.92 Å². The highest BCUT2D eigenvalue weighted by Gasteiger charge is 2.35. The molecule has 4 rings (SSSR count). The molecule has 0 spiro atoms. The van der Waals surface area contributed by atoms with Crippen LogP contribution in [0.5, 0.6) is 0 Å². The van der Waals surface area contributed by atoms with Gasteiger partial charge in [-0.2, -0.15) is 5.10 Å². The molecule has 0 N–H and O–H groups in total. The number of aromatic nitrogens is 2. The predicted octanol–water partition coefficient (Wildman–Crippen LogP) is 3.50. The van der Waals surface area contributed by atoms with Crippen LogP contribution in [-0.4, -0.2) is 21.3 Å². The number of fused-ring (bicyclic) bond motifs is 3. The van der Waals surface area contributed by atoms with E-state index in [0.717, 1.165) is 18.2 Å². The molecule has 3 aromatic rings. The summed E-state index contributed by atoms with van der Waals surface area (Å²) >= 11 is 0. The maximum absolute atomic E-state index is 13.6. The smallest absolute Gasteiger partial charge is 0.237 e. The van der Waals surface area contributed by atoms with Crippen LogP contribution >= 0.6 is 0 Å². The Bertz CT molecular complexity index is 1020. The molecule has 0 atom stereocenters. The van der Waals surface area contributed by atoms with Gasteiger partial charge in [0.1, 0.15) is 11.6 Å². The van der Waals surface area contributed by atoms with Gasteiger partial charge in [-0.05, 0) is 19.1 Å². The van der Waals surface area contributed by atoms with E-state index in [-0.39, 0.29) is 16.8 Å². The second kappa shape index (κ2) is 4.92. The summed E-state index contributed by atoms with van der Waals surface area (Å²) < 4.78 is 28.5. The zero-order valence-corrected chi connectivity index (χ0v) is 12.5. The van der Waals surface area contributed by atoms with E-state index in [1.807, 2.05) is 0 Å². The van der Waals surface area contributed by atoms with Crippen molar-refractivity contribution >= 4 is 11.6 Å². The van der Waals surface area contributed by atoms with Crippen molar-refractivity contribution in [1.29, 1.82) is 0 Å². The molecule has 0 fully saturated rings. The molecule has 2 aromatic carbocycles. The standard InChI is InChI=1S/C18H10F2N2O2/c1-9-15-16(13-4-2-3-5-14(13)17(23)18(15)24)22(21-9)12-7-10(19)6-11(20)8-12/h2-8H,1H3. The number of halogens is 2. The fraction of sp³-hybridized carbons (Fsp3) is 0.0556. The lowest BCUT2D eigenvalue weighted by Crippen LogP contribution is -2.22. The number of nitrogens with zero attached hydrogens (tertiary/aromatic N) is 2. The third kappa shape index (κ3) is 1.93. The minimum atomic E-state index is -0.751. The van der Waals surface area contributed by atoms with Gasteiger partial charge in [0.05, 0.1) is 22.6 Å². The molecule has 1 aliphatic rings. The largest absolute Gasteiger partial charge is 0.285 e. The normalized spacial score (nSPS) is 13.0. The zero-order valence-electron chi connectivity index (χ0n) is 12.5. The third-order valence-corrected chi connectivity index (χ3v) is 4.01. The summed E-state index contributed by atoms with van der Waals surface area (Å²) in [6.07, 6.45) is 0. The van der Waals surface area contributed by atoms with Gasteiger partial charge in [0.2, 0.25) is 11.6 Å². The first-order valence-corrected chi connectivity index (χ1v) is 7.22. The second-order valence-corrected chi connectivity index (χ2v) is 5.55. The van der Waals surface area contributed by atoms with E-state index < -0.39 is 23.2 Å². The van der Waals surface area contributed by atoms with Crippen LogP contribution in [0.25, 0.3) is 16.9 Å². The minimum absolute atomic E-state index is 0.147. The molecular weight excluding hydrogens is 314 g/mol. The molecule has 24 heavy (non-hydrogen) atoms. The van der Waals surface area contributed by atoms with E-state index in [1.165, 1.54) is 4.68 Å². The van der Waals surface area contributed by atoms with E-state index in [4.69, 9.17) is 0 Å². The van der Waals surface area contributed by atoms with Crippen LogP contribution in [0, 0.1) is 18.6 Å². The SMILES string of the molecule is Cc1nn(-c2cc(F)cc(F)c2)c2c1C(=O)C(=O)c1ccccc1-2. The lowest BCUT2D eigenvalue weighted by molar-refractivity contribution is 0.0815. The maximum atomic E-state index is 13.6. The van der Waals surface area contributed by atoms with Crippen LogP contribution in [0.2, 0.25) is 0 Å². The second-order valence-electron chi connectivity index (χ2n) is 5.55. The Morgan fingerprint density at radius 3 is 2.21 bits per heavy atom. The number of benzene rings is 2. The molecule has 1 heterocycles. The molecule has 0 aliphatic heterocycles. The molecule has 0 bridgehead atoms. The van der Waals surface area contributed by atoms with Crippen LogP contribution in [0.4, 0.5) is 8.78 Å². The Balaban J connectivity index is 2.09. The van der Waals surface area contributed by atoms with Gasteiger partial charge in [-0.1, -0.05) is 24.3 Å². The average molecular weight is 324 g/mol. The molecule has 4 nitrogen and oxygen atoms in total. The van der Waals surface area contributed by atoms with Crippen molar-refractivity contribution in [3.8, 4) is 16.9 Å². The summed E-state index contributed by atoms with van der Waals surface area (Å²) in [6.45, 7) is 1.59. The number of carbonyl (C=O) groups is 2. The van der Waals surface area contributed by atoms with E-state index in [0.29, 0.717) is 17.0 Å². The van der Waals surface area contributed by atoms with Gasteiger partial charge in [-0.25, -0.2) is 13.5 Å². The fourth-order valence-electron chi connectivity index (χ4n) is 3.02. The summed E-state index contributed by atoms with van der Waals surface area (Å²) in [6, 6.07) is 9.63. The van der Waals surface area contributed by atoms with Gasteiger partial charge >= 0.3 is 0 Å². The quantitative estimate of drug-likeness (QED) is 0.644. The Morgan fingerprint density at radius 2 is 1.54 bits per heavy atom. The summed E-state index contributed by atoms with van der Waals surface area (Å²) in [5.41, 5.74) is 1.80. The summed E-state index contributed by atoms with van der Waals surface area (Å²) in [7, 11) is 0. The third-order valence-electron chi connectivity index (χ3n) is 4.01. The molecular formula is C18H10F2N2O2. The van der Waals surface area contributed by atoms with Gasteiger partial charge in [-0.3, -0.25) is 9.59 Å². The molecule has 0 unspecified atom stereocenters. The van der Waals surface area contributed by atoms with Crippen LogP contribution in [-0.2, 0) is 0 Å². The highest BCUT2D eigenvalue weighted by atomic mass is 19.1. The number of hydrogen-bond acceptors (Lipinski definition) is 3. The predicted molar refractivity (Wildman–Crippen MR) is 82.3 cm³/mol. The number of Topliss-reactive ketones (excluding diaryl/α,β-unsaturated/α-hetero) is 2. The van der Waals surface area contributed by atoms with Gasteiger partial charge in [0.15, 0.2) is 0 Å². The minimum Gasteiger partial charge on any atom is -0.285 e. The van der Waals surface area contributed by atoms with Crippen molar-refractivity contribution in [3.05, 3.63) is 70.9 Å². The first kappa shape index (κ1) is 14.4. The van der Waals surface area contributed by atoms with Gasteiger partial charge in [0.25, 0.3) is 0 Å². The molecule has 0 radical (unpaired) electrons. The van der Waals surface area contributed by atoms with Crippen LogP contribution in [0.1, 0.15) is 26.4 Å². The summed E-state index contributed by atoms with van der Waals surface area (Å²) in [4.78, 5) is 24.7. The van der Waals surface area contributed by atoms with E-state index in [1.54, 1.807) is 31.2 Å². The molecule has 0 amide bonds. The van der Waals surface area contributed by atoms with Crippen molar-refractivity contribution in [2.24, 2.45) is 0 Å². The topological polar surface area (TPSA) is 52.0 Å². The Morgan fingerprint density at radius 1 is 0.917 bits per heavy atom. The number of ketones is 2. The highest BCUT2D eigenvalue weighted by molar-refractivity contribution is 6.53. The molecule has 6 heteroatoms. The number of rotatable bonds is 1. The lowest BCUT2D eigenvalue weighted by atomic mass is 9.87. The first-order valence-electron chi connectivity index (χ1n) is 7.22. The average Bonchev–Trinajstić information content (AvgIpc) is 2.89. The first-order chi connectivity index (χ1) is 11.5. The number of aryl methyl sites for hydroxylation is 1. The molecule has 0 saturated carbocycles.